The van der Waals surface area contributed by atoms with Crippen molar-refractivity contribution in [2.24, 2.45) is 10.9 Å². The summed E-state index contributed by atoms with van der Waals surface area (Å²) in [5.41, 5.74) is 2.47. The van der Waals surface area contributed by atoms with Gasteiger partial charge in [0.25, 0.3) is 0 Å². The molecule has 0 aliphatic carbocycles. The van der Waals surface area contributed by atoms with Crippen molar-refractivity contribution >= 4 is 5.96 Å². The average Bonchev–Trinajstić information content (AvgIpc) is 3.09. The van der Waals surface area contributed by atoms with Crippen molar-refractivity contribution in [1.82, 2.24) is 10.2 Å². The van der Waals surface area contributed by atoms with Crippen molar-refractivity contribution in [2.45, 2.75) is 39.8 Å². The van der Waals surface area contributed by atoms with Crippen LogP contribution in [0.4, 0.5) is 0 Å². The van der Waals surface area contributed by atoms with Gasteiger partial charge in [-0.1, -0.05) is 31.2 Å². The van der Waals surface area contributed by atoms with Gasteiger partial charge in [0.1, 0.15) is 0 Å². The SMILES string of the molecule is CCCOCc1ccccc1CN=C(NCC)N1CCC(COC)C1. The number of methoxy groups -OCH3 is 1. The lowest BCUT2D eigenvalue weighted by Crippen LogP contribution is -2.40. The minimum Gasteiger partial charge on any atom is -0.384 e. The van der Waals surface area contributed by atoms with Gasteiger partial charge in [0.2, 0.25) is 0 Å². The van der Waals surface area contributed by atoms with E-state index in [0.717, 1.165) is 45.2 Å². The van der Waals surface area contributed by atoms with E-state index in [1.54, 1.807) is 7.11 Å². The Labute approximate surface area is 152 Å². The van der Waals surface area contributed by atoms with Crippen LogP contribution in [0.3, 0.4) is 0 Å². The van der Waals surface area contributed by atoms with Gasteiger partial charge >= 0.3 is 0 Å². The molecule has 0 aromatic heterocycles. The van der Waals surface area contributed by atoms with E-state index in [0.29, 0.717) is 19.1 Å². The summed E-state index contributed by atoms with van der Waals surface area (Å²) in [4.78, 5) is 7.23. The highest BCUT2D eigenvalue weighted by molar-refractivity contribution is 5.80. The number of guanidine groups is 1. The lowest BCUT2D eigenvalue weighted by atomic mass is 10.1. The molecule has 1 heterocycles. The molecule has 2 rings (SSSR count). The van der Waals surface area contributed by atoms with E-state index in [9.17, 15) is 0 Å². The first-order chi connectivity index (χ1) is 12.3. The highest BCUT2D eigenvalue weighted by Crippen LogP contribution is 2.17. The third-order valence-corrected chi connectivity index (χ3v) is 4.45. The van der Waals surface area contributed by atoms with Crippen molar-refractivity contribution in [3.05, 3.63) is 35.4 Å². The number of hydrogen-bond acceptors (Lipinski definition) is 3. The minimum absolute atomic E-state index is 0.601. The van der Waals surface area contributed by atoms with E-state index in [4.69, 9.17) is 14.5 Å². The Kier molecular flexibility index (Phi) is 8.77. The van der Waals surface area contributed by atoms with Gasteiger partial charge in [0.05, 0.1) is 19.8 Å². The second-order valence-electron chi connectivity index (χ2n) is 6.55. The Morgan fingerprint density at radius 2 is 2.08 bits per heavy atom. The summed E-state index contributed by atoms with van der Waals surface area (Å²) >= 11 is 0. The highest BCUT2D eigenvalue weighted by atomic mass is 16.5. The Morgan fingerprint density at radius 1 is 1.28 bits per heavy atom. The zero-order valence-corrected chi connectivity index (χ0v) is 16.0. The molecule has 1 saturated heterocycles. The van der Waals surface area contributed by atoms with Crippen LogP contribution in [0, 0.1) is 5.92 Å². The fraction of sp³-hybridized carbons (Fsp3) is 0.650. The largest absolute Gasteiger partial charge is 0.384 e. The summed E-state index contributed by atoms with van der Waals surface area (Å²) in [6, 6.07) is 8.43. The standard InChI is InChI=1S/C20H33N3O2/c1-4-12-25-16-19-9-7-6-8-18(19)13-22-20(21-5-2)23-11-10-17(14-23)15-24-3/h6-9,17H,4-5,10-16H2,1-3H3,(H,21,22). The molecule has 1 aliphatic rings. The summed E-state index contributed by atoms with van der Waals surface area (Å²) in [7, 11) is 1.78. The van der Waals surface area contributed by atoms with Crippen LogP contribution in [0.15, 0.2) is 29.3 Å². The van der Waals surface area contributed by atoms with Crippen LogP contribution < -0.4 is 5.32 Å². The number of aliphatic imine (C=N–C) groups is 1. The lowest BCUT2D eigenvalue weighted by molar-refractivity contribution is 0.121. The number of nitrogens with zero attached hydrogens (tertiary/aromatic N) is 2. The molecule has 0 spiro atoms. The van der Waals surface area contributed by atoms with Crippen molar-refractivity contribution in [3.63, 3.8) is 0 Å². The van der Waals surface area contributed by atoms with E-state index in [-0.39, 0.29) is 0 Å². The van der Waals surface area contributed by atoms with Gasteiger partial charge < -0.3 is 19.7 Å². The lowest BCUT2D eigenvalue weighted by Gasteiger charge is -2.22. The minimum atomic E-state index is 0.601. The third-order valence-electron chi connectivity index (χ3n) is 4.45. The molecule has 0 radical (unpaired) electrons. The molecule has 0 bridgehead atoms. The van der Waals surface area contributed by atoms with Crippen molar-refractivity contribution in [3.8, 4) is 0 Å². The Morgan fingerprint density at radius 3 is 2.80 bits per heavy atom. The summed E-state index contributed by atoms with van der Waals surface area (Å²) in [5.74, 6) is 1.61. The van der Waals surface area contributed by atoms with Crippen LogP contribution >= 0.6 is 0 Å². The van der Waals surface area contributed by atoms with Gasteiger partial charge in [-0.3, -0.25) is 0 Å². The van der Waals surface area contributed by atoms with E-state index < -0.39 is 0 Å². The molecule has 1 N–H and O–H groups in total. The van der Waals surface area contributed by atoms with Crippen LogP contribution in [0.2, 0.25) is 0 Å². The predicted octanol–water partition coefficient (Wildman–Crippen LogP) is 3.05. The summed E-state index contributed by atoms with van der Waals surface area (Å²) < 4.78 is 11.0. The maximum Gasteiger partial charge on any atom is 0.194 e. The summed E-state index contributed by atoms with van der Waals surface area (Å²) in [6.07, 6.45) is 2.21. The van der Waals surface area contributed by atoms with Gasteiger partial charge in [0, 0.05) is 39.3 Å². The quantitative estimate of drug-likeness (QED) is 0.424. The zero-order valence-electron chi connectivity index (χ0n) is 16.0. The fourth-order valence-electron chi connectivity index (χ4n) is 3.16. The molecule has 5 heteroatoms. The molecule has 1 atom stereocenters. The first-order valence-corrected chi connectivity index (χ1v) is 9.45. The molecule has 140 valence electrons. The molecule has 1 aromatic rings. The molecule has 5 nitrogen and oxygen atoms in total. The molecule has 1 fully saturated rings. The monoisotopic (exact) mass is 347 g/mol. The smallest absolute Gasteiger partial charge is 0.194 e. The Bertz CT molecular complexity index is 533. The molecule has 1 unspecified atom stereocenters. The summed E-state index contributed by atoms with van der Waals surface area (Å²) in [6.45, 7) is 10.2. The highest BCUT2D eigenvalue weighted by Gasteiger charge is 2.24. The van der Waals surface area contributed by atoms with Crippen LogP contribution in [-0.2, 0) is 22.6 Å². The van der Waals surface area contributed by atoms with Crippen LogP contribution in [-0.4, -0.2) is 50.8 Å². The van der Waals surface area contributed by atoms with E-state index >= 15 is 0 Å². The first-order valence-electron chi connectivity index (χ1n) is 9.45. The van der Waals surface area contributed by atoms with E-state index in [2.05, 4.69) is 48.3 Å². The van der Waals surface area contributed by atoms with Crippen LogP contribution in [0.5, 0.6) is 0 Å². The maximum absolute atomic E-state index is 5.72. The predicted molar refractivity (Wildman–Crippen MR) is 103 cm³/mol. The second kappa shape index (κ2) is 11.1. The molecule has 1 aliphatic heterocycles. The molecule has 0 amide bonds. The number of hydrogen-bond donors (Lipinski definition) is 1. The van der Waals surface area contributed by atoms with Crippen LogP contribution in [0.1, 0.15) is 37.8 Å². The maximum atomic E-state index is 5.72. The zero-order chi connectivity index (χ0) is 17.9. The average molecular weight is 348 g/mol. The molecule has 0 saturated carbocycles. The van der Waals surface area contributed by atoms with E-state index in [1.165, 1.54) is 17.5 Å². The molecule has 1 aromatic carbocycles. The number of ether oxygens (including phenoxy) is 2. The number of rotatable bonds is 9. The van der Waals surface area contributed by atoms with Gasteiger partial charge in [-0.05, 0) is 30.9 Å². The van der Waals surface area contributed by atoms with Crippen molar-refractivity contribution in [1.29, 1.82) is 0 Å². The number of likely N-dealkylation sites (tertiary alicyclic amines) is 1. The van der Waals surface area contributed by atoms with Gasteiger partial charge in [-0.15, -0.1) is 0 Å². The van der Waals surface area contributed by atoms with Crippen molar-refractivity contribution in [2.75, 3.05) is 40.0 Å². The topological polar surface area (TPSA) is 46.1 Å². The molecule has 25 heavy (non-hydrogen) atoms. The van der Waals surface area contributed by atoms with Gasteiger partial charge in [0.15, 0.2) is 5.96 Å². The van der Waals surface area contributed by atoms with Crippen molar-refractivity contribution < 1.29 is 9.47 Å². The Balaban J connectivity index is 2.01. The number of nitrogens with one attached hydrogen (secondary N) is 1. The Hall–Kier alpha value is -1.59. The number of benzene rings is 1. The van der Waals surface area contributed by atoms with Gasteiger partial charge in [-0.25, -0.2) is 4.99 Å². The normalized spacial score (nSPS) is 18.0. The fourth-order valence-corrected chi connectivity index (χ4v) is 3.16. The van der Waals surface area contributed by atoms with Crippen LogP contribution in [0.25, 0.3) is 0 Å². The summed E-state index contributed by atoms with van der Waals surface area (Å²) in [5, 5.41) is 3.43. The molecular weight excluding hydrogens is 314 g/mol. The third kappa shape index (κ3) is 6.33. The first kappa shape index (κ1) is 19.7. The second-order valence-corrected chi connectivity index (χ2v) is 6.55. The molecular formula is C20H33N3O2. The van der Waals surface area contributed by atoms with Gasteiger partial charge in [-0.2, -0.15) is 0 Å². The van der Waals surface area contributed by atoms with E-state index in [1.807, 2.05) is 0 Å².